The SMILES string of the molecule is Cc1ccc(-c2ccc(=O)n(Cc3ccncc3)n2)c(C)c1. The van der Waals surface area contributed by atoms with E-state index in [-0.39, 0.29) is 5.56 Å². The van der Waals surface area contributed by atoms with E-state index in [0.29, 0.717) is 6.54 Å². The second-order valence-electron chi connectivity index (χ2n) is 5.39. The second-order valence-corrected chi connectivity index (χ2v) is 5.39. The van der Waals surface area contributed by atoms with Gasteiger partial charge in [-0.05, 0) is 43.2 Å². The van der Waals surface area contributed by atoms with Crippen molar-refractivity contribution < 1.29 is 0 Å². The fourth-order valence-corrected chi connectivity index (χ4v) is 2.47. The van der Waals surface area contributed by atoms with Crippen LogP contribution in [0.2, 0.25) is 0 Å². The van der Waals surface area contributed by atoms with Crippen molar-refractivity contribution in [3.05, 3.63) is 81.9 Å². The molecule has 0 amide bonds. The molecule has 0 bridgehead atoms. The molecule has 4 heteroatoms. The Labute approximate surface area is 129 Å². The van der Waals surface area contributed by atoms with E-state index < -0.39 is 0 Å². The highest BCUT2D eigenvalue weighted by atomic mass is 16.1. The third-order valence-corrected chi connectivity index (χ3v) is 3.61. The quantitative estimate of drug-likeness (QED) is 0.745. The summed E-state index contributed by atoms with van der Waals surface area (Å²) in [5.41, 5.74) is 5.13. The molecule has 1 aromatic carbocycles. The van der Waals surface area contributed by atoms with Gasteiger partial charge in [-0.1, -0.05) is 23.8 Å². The van der Waals surface area contributed by atoms with Gasteiger partial charge in [-0.15, -0.1) is 0 Å². The van der Waals surface area contributed by atoms with Crippen LogP contribution in [0, 0.1) is 13.8 Å². The van der Waals surface area contributed by atoms with E-state index in [0.717, 1.165) is 22.4 Å². The number of nitrogens with zero attached hydrogens (tertiary/aromatic N) is 3. The van der Waals surface area contributed by atoms with Gasteiger partial charge >= 0.3 is 0 Å². The molecule has 0 aliphatic heterocycles. The normalized spacial score (nSPS) is 10.6. The molecule has 22 heavy (non-hydrogen) atoms. The Morgan fingerprint density at radius 2 is 1.77 bits per heavy atom. The number of aromatic nitrogens is 3. The third-order valence-electron chi connectivity index (χ3n) is 3.61. The van der Waals surface area contributed by atoms with Crippen LogP contribution in [0.1, 0.15) is 16.7 Å². The first-order chi connectivity index (χ1) is 10.6. The molecule has 0 saturated carbocycles. The summed E-state index contributed by atoms with van der Waals surface area (Å²) in [6.07, 6.45) is 3.43. The minimum absolute atomic E-state index is 0.106. The number of aryl methyl sites for hydroxylation is 2. The highest BCUT2D eigenvalue weighted by Crippen LogP contribution is 2.21. The largest absolute Gasteiger partial charge is 0.268 e. The zero-order chi connectivity index (χ0) is 15.5. The zero-order valence-corrected chi connectivity index (χ0v) is 12.7. The van der Waals surface area contributed by atoms with Crippen molar-refractivity contribution in [1.29, 1.82) is 0 Å². The monoisotopic (exact) mass is 291 g/mol. The molecule has 0 spiro atoms. The molecule has 3 rings (SSSR count). The maximum absolute atomic E-state index is 12.0. The van der Waals surface area contributed by atoms with Gasteiger partial charge in [0.25, 0.3) is 5.56 Å². The number of benzene rings is 1. The van der Waals surface area contributed by atoms with Crippen LogP contribution in [0.5, 0.6) is 0 Å². The lowest BCUT2D eigenvalue weighted by molar-refractivity contribution is 0.642. The van der Waals surface area contributed by atoms with Crippen LogP contribution in [0.25, 0.3) is 11.3 Å². The van der Waals surface area contributed by atoms with Crippen LogP contribution in [-0.2, 0) is 6.54 Å². The van der Waals surface area contributed by atoms with E-state index in [1.807, 2.05) is 18.2 Å². The lowest BCUT2D eigenvalue weighted by Gasteiger charge is -2.09. The summed E-state index contributed by atoms with van der Waals surface area (Å²) in [7, 11) is 0. The molecule has 0 N–H and O–H groups in total. The molecule has 0 radical (unpaired) electrons. The van der Waals surface area contributed by atoms with Gasteiger partial charge in [-0.25, -0.2) is 4.68 Å². The van der Waals surface area contributed by atoms with Crippen LogP contribution in [-0.4, -0.2) is 14.8 Å². The molecule has 2 heterocycles. The molecule has 0 aliphatic rings. The number of hydrogen-bond donors (Lipinski definition) is 0. The molecule has 110 valence electrons. The molecular formula is C18H17N3O. The second kappa shape index (κ2) is 5.93. The smallest absolute Gasteiger partial charge is 0.267 e. The van der Waals surface area contributed by atoms with Gasteiger partial charge in [0.05, 0.1) is 12.2 Å². The minimum atomic E-state index is -0.106. The average molecular weight is 291 g/mol. The maximum Gasteiger partial charge on any atom is 0.267 e. The van der Waals surface area contributed by atoms with Gasteiger partial charge in [-0.2, -0.15) is 5.10 Å². The van der Waals surface area contributed by atoms with Crippen molar-refractivity contribution in [2.24, 2.45) is 0 Å². The van der Waals surface area contributed by atoms with Crippen molar-refractivity contribution in [3.63, 3.8) is 0 Å². The third kappa shape index (κ3) is 2.96. The van der Waals surface area contributed by atoms with Crippen molar-refractivity contribution in [3.8, 4) is 11.3 Å². The highest BCUT2D eigenvalue weighted by Gasteiger charge is 2.07. The van der Waals surface area contributed by atoms with Crippen molar-refractivity contribution in [2.45, 2.75) is 20.4 Å². The van der Waals surface area contributed by atoms with E-state index in [9.17, 15) is 4.79 Å². The maximum atomic E-state index is 12.0. The van der Waals surface area contributed by atoms with Gasteiger partial charge in [0.2, 0.25) is 0 Å². The first-order valence-electron chi connectivity index (χ1n) is 7.18. The Morgan fingerprint density at radius 3 is 2.50 bits per heavy atom. The first kappa shape index (κ1) is 14.2. The molecule has 0 atom stereocenters. The lowest BCUT2D eigenvalue weighted by Crippen LogP contribution is -2.22. The molecule has 4 nitrogen and oxygen atoms in total. The molecular weight excluding hydrogens is 274 g/mol. The van der Waals surface area contributed by atoms with Crippen molar-refractivity contribution >= 4 is 0 Å². The van der Waals surface area contributed by atoms with Gasteiger partial charge in [0, 0.05) is 24.0 Å². The lowest BCUT2D eigenvalue weighted by atomic mass is 10.0. The van der Waals surface area contributed by atoms with Crippen LogP contribution < -0.4 is 5.56 Å². The molecule has 0 fully saturated rings. The van der Waals surface area contributed by atoms with Crippen LogP contribution in [0.3, 0.4) is 0 Å². The first-order valence-corrected chi connectivity index (χ1v) is 7.18. The van der Waals surface area contributed by atoms with E-state index in [1.54, 1.807) is 24.5 Å². The van der Waals surface area contributed by atoms with Crippen LogP contribution >= 0.6 is 0 Å². The average Bonchev–Trinajstić information content (AvgIpc) is 2.51. The predicted molar refractivity (Wildman–Crippen MR) is 86.7 cm³/mol. The Balaban J connectivity index is 2.01. The zero-order valence-electron chi connectivity index (χ0n) is 12.7. The fraction of sp³-hybridized carbons (Fsp3) is 0.167. The summed E-state index contributed by atoms with van der Waals surface area (Å²) in [6, 6.07) is 13.4. The Hall–Kier alpha value is -2.75. The molecule has 0 unspecified atom stereocenters. The highest BCUT2D eigenvalue weighted by molar-refractivity contribution is 5.63. The standard InChI is InChI=1S/C18H17N3O/c1-13-3-4-16(14(2)11-13)17-5-6-18(22)21(20-17)12-15-7-9-19-10-8-15/h3-11H,12H2,1-2H3. The van der Waals surface area contributed by atoms with Crippen LogP contribution in [0.15, 0.2) is 59.7 Å². The summed E-state index contributed by atoms with van der Waals surface area (Å²) in [5.74, 6) is 0. The molecule has 2 aromatic heterocycles. The minimum Gasteiger partial charge on any atom is -0.268 e. The summed E-state index contributed by atoms with van der Waals surface area (Å²) in [6.45, 7) is 4.57. The predicted octanol–water partition coefficient (Wildman–Crippen LogP) is 2.97. The summed E-state index contributed by atoms with van der Waals surface area (Å²) < 4.78 is 1.49. The van der Waals surface area contributed by atoms with Gasteiger partial charge in [0.1, 0.15) is 0 Å². The van der Waals surface area contributed by atoms with Crippen molar-refractivity contribution in [2.75, 3.05) is 0 Å². The Kier molecular flexibility index (Phi) is 3.83. The Morgan fingerprint density at radius 1 is 1.00 bits per heavy atom. The van der Waals surface area contributed by atoms with Gasteiger partial charge in [0.15, 0.2) is 0 Å². The van der Waals surface area contributed by atoms with E-state index in [1.165, 1.54) is 10.2 Å². The molecule has 3 aromatic rings. The van der Waals surface area contributed by atoms with E-state index >= 15 is 0 Å². The fourth-order valence-electron chi connectivity index (χ4n) is 2.47. The number of rotatable bonds is 3. The van der Waals surface area contributed by atoms with Crippen molar-refractivity contribution in [1.82, 2.24) is 14.8 Å². The number of pyridine rings is 1. The van der Waals surface area contributed by atoms with Gasteiger partial charge in [-0.3, -0.25) is 9.78 Å². The summed E-state index contributed by atoms with van der Waals surface area (Å²) >= 11 is 0. The van der Waals surface area contributed by atoms with E-state index in [4.69, 9.17) is 0 Å². The summed E-state index contributed by atoms with van der Waals surface area (Å²) in [5, 5.41) is 4.51. The van der Waals surface area contributed by atoms with E-state index in [2.05, 4.69) is 36.1 Å². The Bertz CT molecular complexity index is 854. The molecule has 0 aliphatic carbocycles. The topological polar surface area (TPSA) is 47.8 Å². The van der Waals surface area contributed by atoms with Crippen LogP contribution in [0.4, 0.5) is 0 Å². The molecule has 0 saturated heterocycles. The summed E-state index contributed by atoms with van der Waals surface area (Å²) in [4.78, 5) is 16.0. The van der Waals surface area contributed by atoms with Gasteiger partial charge < -0.3 is 0 Å². The number of hydrogen-bond acceptors (Lipinski definition) is 3.